The number of benzene rings is 1. The van der Waals surface area contributed by atoms with E-state index in [0.29, 0.717) is 28.1 Å². The molecule has 1 N–H and O–H groups in total. The number of nitrogens with zero attached hydrogens (tertiary/aromatic N) is 1. The van der Waals surface area contributed by atoms with Gasteiger partial charge in [0.25, 0.3) is 11.5 Å². The standard InChI is InChI=1S/C22H25BrF2N2O4S2/c1-3-4-5-6-7-8-14-18(13-9-10-15(24)16(25)11-13)22-27(21(29)19(14)23)17(12-32-22)20(28)26-33(2,30)31/h9-11,17H,3-8,12H2,1-2H3,(H,26,28)/t17-/m0/s1. The number of aromatic nitrogens is 1. The average molecular weight is 563 g/mol. The molecule has 0 saturated carbocycles. The van der Waals surface area contributed by atoms with Crippen LogP contribution in [0.2, 0.25) is 0 Å². The molecular weight excluding hydrogens is 538 g/mol. The molecule has 0 unspecified atom stereocenters. The van der Waals surface area contributed by atoms with Gasteiger partial charge in [0.1, 0.15) is 6.04 Å². The summed E-state index contributed by atoms with van der Waals surface area (Å²) in [6, 6.07) is 2.50. The summed E-state index contributed by atoms with van der Waals surface area (Å²) in [7, 11) is -3.81. The molecule has 2 heterocycles. The zero-order chi connectivity index (χ0) is 24.3. The minimum atomic E-state index is -3.81. The Morgan fingerprint density at radius 1 is 1.21 bits per heavy atom. The lowest BCUT2D eigenvalue weighted by Crippen LogP contribution is -2.39. The summed E-state index contributed by atoms with van der Waals surface area (Å²) in [6.07, 6.45) is 6.43. The van der Waals surface area contributed by atoms with Crippen LogP contribution in [0.5, 0.6) is 0 Å². The van der Waals surface area contributed by atoms with Crippen LogP contribution >= 0.6 is 27.7 Å². The van der Waals surface area contributed by atoms with E-state index in [1.807, 2.05) is 4.72 Å². The number of carbonyl (C=O) groups excluding carboxylic acids is 1. The van der Waals surface area contributed by atoms with Crippen LogP contribution in [-0.4, -0.2) is 30.9 Å². The van der Waals surface area contributed by atoms with Crippen molar-refractivity contribution in [1.82, 2.24) is 9.29 Å². The quantitative estimate of drug-likeness (QED) is 0.444. The van der Waals surface area contributed by atoms with E-state index in [-0.39, 0.29) is 10.2 Å². The van der Waals surface area contributed by atoms with Crippen LogP contribution in [-0.2, 0) is 21.2 Å². The number of thioether (sulfide) groups is 1. The normalized spacial score (nSPS) is 15.5. The molecular formula is C22H25BrF2N2O4S2. The first-order chi connectivity index (χ1) is 15.5. The molecule has 0 saturated heterocycles. The van der Waals surface area contributed by atoms with E-state index in [2.05, 4.69) is 22.9 Å². The highest BCUT2D eigenvalue weighted by molar-refractivity contribution is 9.10. The molecule has 0 bridgehead atoms. The lowest BCUT2D eigenvalue weighted by molar-refractivity contribution is -0.122. The third-order valence-corrected chi connectivity index (χ3v) is 7.97. The maximum absolute atomic E-state index is 14.1. The monoisotopic (exact) mass is 562 g/mol. The summed E-state index contributed by atoms with van der Waals surface area (Å²) in [4.78, 5) is 25.8. The lowest BCUT2D eigenvalue weighted by atomic mass is 9.96. The Kier molecular flexibility index (Phi) is 8.39. The van der Waals surface area contributed by atoms with Crippen LogP contribution in [0.4, 0.5) is 8.78 Å². The van der Waals surface area contributed by atoms with E-state index in [4.69, 9.17) is 0 Å². The molecule has 1 aromatic carbocycles. The van der Waals surface area contributed by atoms with Gasteiger partial charge < -0.3 is 0 Å². The zero-order valence-electron chi connectivity index (χ0n) is 18.3. The first-order valence-corrected chi connectivity index (χ1v) is 14.3. The summed E-state index contributed by atoms with van der Waals surface area (Å²) in [5, 5.41) is 0.436. The van der Waals surface area contributed by atoms with Gasteiger partial charge >= 0.3 is 0 Å². The number of amides is 1. The molecule has 0 aliphatic carbocycles. The molecule has 0 radical (unpaired) electrons. The van der Waals surface area contributed by atoms with Crippen molar-refractivity contribution in [1.29, 1.82) is 0 Å². The van der Waals surface area contributed by atoms with Gasteiger partial charge in [0.2, 0.25) is 10.0 Å². The van der Waals surface area contributed by atoms with Crippen LogP contribution in [0.25, 0.3) is 11.1 Å². The van der Waals surface area contributed by atoms with Crippen LogP contribution in [0.15, 0.2) is 32.5 Å². The van der Waals surface area contributed by atoms with Crippen molar-refractivity contribution >= 4 is 43.6 Å². The van der Waals surface area contributed by atoms with Crippen LogP contribution in [0.1, 0.15) is 50.6 Å². The van der Waals surface area contributed by atoms with Gasteiger partial charge in [-0.2, -0.15) is 0 Å². The molecule has 1 amide bonds. The van der Waals surface area contributed by atoms with Gasteiger partial charge in [-0.3, -0.25) is 18.9 Å². The van der Waals surface area contributed by atoms with Gasteiger partial charge in [-0.15, -0.1) is 11.8 Å². The predicted octanol–water partition coefficient (Wildman–Crippen LogP) is 4.79. The Morgan fingerprint density at radius 3 is 2.55 bits per heavy atom. The largest absolute Gasteiger partial charge is 0.288 e. The number of fused-ring (bicyclic) bond motifs is 1. The summed E-state index contributed by atoms with van der Waals surface area (Å²) in [5.74, 6) is -2.68. The maximum Gasteiger partial charge on any atom is 0.266 e. The summed E-state index contributed by atoms with van der Waals surface area (Å²) in [5.41, 5.74) is 1.15. The van der Waals surface area contributed by atoms with Crippen molar-refractivity contribution in [3.63, 3.8) is 0 Å². The second-order valence-electron chi connectivity index (χ2n) is 8.01. The highest BCUT2D eigenvalue weighted by atomic mass is 79.9. The molecule has 1 aliphatic rings. The molecule has 1 atom stereocenters. The third kappa shape index (κ3) is 5.86. The van der Waals surface area contributed by atoms with Crippen molar-refractivity contribution < 1.29 is 22.0 Å². The van der Waals surface area contributed by atoms with Gasteiger partial charge in [0.15, 0.2) is 11.6 Å². The topological polar surface area (TPSA) is 85.2 Å². The molecule has 1 aliphatic heterocycles. The second kappa shape index (κ2) is 10.7. The number of unbranched alkanes of at least 4 members (excludes halogenated alkanes) is 4. The van der Waals surface area contributed by atoms with E-state index in [9.17, 15) is 26.8 Å². The van der Waals surface area contributed by atoms with Gasteiger partial charge in [-0.25, -0.2) is 17.2 Å². The SMILES string of the molecule is CCCCCCCc1c(-c2ccc(F)c(F)c2)c2n(c(=O)c1Br)[C@H](C(=O)NS(C)(=O)=O)CS2. The van der Waals surface area contributed by atoms with Crippen molar-refractivity contribution in [2.24, 2.45) is 0 Å². The fourth-order valence-electron chi connectivity index (χ4n) is 3.88. The number of nitrogens with one attached hydrogen (secondary N) is 1. The van der Waals surface area contributed by atoms with Gasteiger partial charge in [-0.1, -0.05) is 38.7 Å². The highest BCUT2D eigenvalue weighted by Gasteiger charge is 2.36. The summed E-state index contributed by atoms with van der Waals surface area (Å²) < 4.78 is 54.3. The number of pyridine rings is 1. The number of sulfonamides is 1. The van der Waals surface area contributed by atoms with Crippen molar-refractivity contribution in [3.05, 3.63) is 50.2 Å². The third-order valence-electron chi connectivity index (χ3n) is 5.42. The van der Waals surface area contributed by atoms with Gasteiger partial charge in [-0.05, 0) is 52.0 Å². The minimum absolute atomic E-state index is 0.139. The summed E-state index contributed by atoms with van der Waals surface area (Å²) in [6.45, 7) is 2.12. The molecule has 11 heteroatoms. The molecule has 2 aromatic rings. The first-order valence-electron chi connectivity index (χ1n) is 10.6. The number of halogens is 3. The second-order valence-corrected chi connectivity index (χ2v) is 11.6. The Labute approximate surface area is 204 Å². The molecule has 180 valence electrons. The van der Waals surface area contributed by atoms with Gasteiger partial charge in [0, 0.05) is 11.3 Å². The van der Waals surface area contributed by atoms with E-state index >= 15 is 0 Å². The zero-order valence-corrected chi connectivity index (χ0v) is 21.5. The van der Waals surface area contributed by atoms with Crippen molar-refractivity contribution in [2.75, 3.05) is 12.0 Å². The van der Waals surface area contributed by atoms with Crippen molar-refractivity contribution in [2.45, 2.75) is 56.5 Å². The number of hydrogen-bond acceptors (Lipinski definition) is 5. The smallest absolute Gasteiger partial charge is 0.266 e. The van der Waals surface area contributed by atoms with Crippen LogP contribution in [0, 0.1) is 11.6 Å². The molecule has 33 heavy (non-hydrogen) atoms. The van der Waals surface area contributed by atoms with E-state index < -0.39 is 39.2 Å². The Bertz CT molecular complexity index is 1230. The number of rotatable bonds is 9. The Hall–Kier alpha value is -1.72. The average Bonchev–Trinajstić information content (AvgIpc) is 3.17. The van der Waals surface area contributed by atoms with Gasteiger partial charge in [0.05, 0.1) is 15.8 Å². The van der Waals surface area contributed by atoms with Crippen LogP contribution < -0.4 is 10.3 Å². The molecule has 3 rings (SSSR count). The molecule has 6 nitrogen and oxygen atoms in total. The summed E-state index contributed by atoms with van der Waals surface area (Å²) >= 11 is 4.59. The fourth-order valence-corrected chi connectivity index (χ4v) is 6.32. The molecule has 0 spiro atoms. The van der Waals surface area contributed by atoms with E-state index in [1.165, 1.54) is 22.4 Å². The first kappa shape index (κ1) is 25.9. The predicted molar refractivity (Wildman–Crippen MR) is 129 cm³/mol. The van der Waals surface area contributed by atoms with Crippen LogP contribution in [0.3, 0.4) is 0 Å². The van der Waals surface area contributed by atoms with Crippen molar-refractivity contribution in [3.8, 4) is 11.1 Å². The lowest BCUT2D eigenvalue weighted by Gasteiger charge is -2.20. The maximum atomic E-state index is 14.1. The Morgan fingerprint density at radius 2 is 1.91 bits per heavy atom. The minimum Gasteiger partial charge on any atom is -0.288 e. The number of hydrogen-bond donors (Lipinski definition) is 1. The molecule has 0 fully saturated rings. The number of carbonyl (C=O) groups is 1. The molecule has 1 aromatic heterocycles. The Balaban J connectivity index is 2.14. The van der Waals surface area contributed by atoms with E-state index in [1.54, 1.807) is 0 Å². The highest BCUT2D eigenvalue weighted by Crippen LogP contribution is 2.43. The van der Waals surface area contributed by atoms with E-state index in [0.717, 1.165) is 50.5 Å². The fraction of sp³-hybridized carbons (Fsp3) is 0.455.